The molecule has 0 bridgehead atoms. The summed E-state index contributed by atoms with van der Waals surface area (Å²) in [5, 5.41) is 0. The van der Waals surface area contributed by atoms with Gasteiger partial charge in [0.15, 0.2) is 11.2 Å². The zero-order valence-corrected chi connectivity index (χ0v) is 14.8. The smallest absolute Gasteiger partial charge is 0.332 e. The molecule has 3 heterocycles. The van der Waals surface area contributed by atoms with Crippen molar-refractivity contribution in [3.05, 3.63) is 27.2 Å². The molecule has 1 fully saturated rings. The summed E-state index contributed by atoms with van der Waals surface area (Å²) in [6.45, 7) is 3.84. The number of amides is 1. The maximum atomic E-state index is 12.7. The maximum Gasteiger partial charge on any atom is 0.332 e. The van der Waals surface area contributed by atoms with Crippen LogP contribution in [-0.4, -0.2) is 55.3 Å². The van der Waals surface area contributed by atoms with Crippen molar-refractivity contribution in [3.63, 3.8) is 0 Å². The number of carbonyl (C=O) groups is 1. The Morgan fingerprint density at radius 1 is 1.32 bits per heavy atom. The monoisotopic (exact) mass is 349 g/mol. The van der Waals surface area contributed by atoms with Crippen LogP contribution < -0.4 is 11.2 Å². The first-order valence-corrected chi connectivity index (χ1v) is 8.44. The van der Waals surface area contributed by atoms with Crippen LogP contribution in [0.3, 0.4) is 0 Å². The van der Waals surface area contributed by atoms with Gasteiger partial charge in [-0.15, -0.1) is 0 Å². The number of ether oxygens (including phenoxy) is 1. The Morgan fingerprint density at radius 2 is 2.08 bits per heavy atom. The molecule has 136 valence electrons. The summed E-state index contributed by atoms with van der Waals surface area (Å²) in [5.41, 5.74) is -0.345. The lowest BCUT2D eigenvalue weighted by molar-refractivity contribution is -0.135. The molecule has 9 heteroatoms. The summed E-state index contributed by atoms with van der Waals surface area (Å²) < 4.78 is 9.48. The second-order valence-electron chi connectivity index (χ2n) is 6.31. The first kappa shape index (κ1) is 17.4. The van der Waals surface area contributed by atoms with Crippen LogP contribution in [0.1, 0.15) is 19.8 Å². The fraction of sp³-hybridized carbons (Fsp3) is 0.625. The molecule has 0 N–H and O–H groups in total. The number of nitrogens with zero attached hydrogens (tertiary/aromatic N) is 5. The van der Waals surface area contributed by atoms with Gasteiger partial charge in [-0.25, -0.2) is 9.78 Å². The third-order valence-corrected chi connectivity index (χ3v) is 4.66. The van der Waals surface area contributed by atoms with E-state index >= 15 is 0 Å². The Balaban J connectivity index is 1.87. The van der Waals surface area contributed by atoms with Crippen molar-refractivity contribution in [2.45, 2.75) is 32.4 Å². The molecule has 0 radical (unpaired) electrons. The topological polar surface area (TPSA) is 91.4 Å². The van der Waals surface area contributed by atoms with Crippen molar-refractivity contribution in [3.8, 4) is 0 Å². The van der Waals surface area contributed by atoms with Crippen LogP contribution in [0.15, 0.2) is 15.9 Å². The van der Waals surface area contributed by atoms with Gasteiger partial charge in [0, 0.05) is 33.8 Å². The molecular weight excluding hydrogens is 326 g/mol. The Kier molecular flexibility index (Phi) is 4.76. The molecule has 0 aromatic carbocycles. The molecule has 1 aliphatic heterocycles. The molecule has 1 atom stereocenters. The predicted octanol–water partition coefficient (Wildman–Crippen LogP) is -0.539. The highest BCUT2D eigenvalue weighted by atomic mass is 16.5. The van der Waals surface area contributed by atoms with Gasteiger partial charge < -0.3 is 14.2 Å². The Labute approximate surface area is 144 Å². The van der Waals surface area contributed by atoms with Crippen molar-refractivity contribution >= 4 is 17.1 Å². The van der Waals surface area contributed by atoms with Crippen LogP contribution in [0, 0.1) is 0 Å². The van der Waals surface area contributed by atoms with Gasteiger partial charge in [-0.1, -0.05) is 0 Å². The van der Waals surface area contributed by atoms with Gasteiger partial charge in [0.1, 0.15) is 6.54 Å². The van der Waals surface area contributed by atoms with Gasteiger partial charge in [0.05, 0.1) is 12.4 Å². The van der Waals surface area contributed by atoms with Gasteiger partial charge in [-0.05, 0) is 19.8 Å². The van der Waals surface area contributed by atoms with Crippen molar-refractivity contribution in [1.82, 2.24) is 23.6 Å². The Morgan fingerprint density at radius 3 is 2.80 bits per heavy atom. The number of likely N-dealkylation sites (tertiary alicyclic amines) is 1. The zero-order valence-electron chi connectivity index (χ0n) is 14.8. The molecule has 1 saturated heterocycles. The third kappa shape index (κ3) is 3.11. The van der Waals surface area contributed by atoms with E-state index in [1.54, 1.807) is 11.9 Å². The van der Waals surface area contributed by atoms with E-state index in [2.05, 4.69) is 4.98 Å². The lowest BCUT2D eigenvalue weighted by atomic mass is 10.1. The molecule has 0 saturated carbocycles. The van der Waals surface area contributed by atoms with E-state index in [4.69, 9.17) is 4.74 Å². The molecule has 1 aliphatic rings. The van der Waals surface area contributed by atoms with Gasteiger partial charge in [-0.3, -0.25) is 18.7 Å². The summed E-state index contributed by atoms with van der Waals surface area (Å²) in [5.74, 6) is -0.0837. The van der Waals surface area contributed by atoms with Crippen LogP contribution in [0.2, 0.25) is 0 Å². The van der Waals surface area contributed by atoms with E-state index in [1.807, 2.05) is 6.92 Å². The lowest BCUT2D eigenvalue weighted by Gasteiger charge is -2.32. The summed E-state index contributed by atoms with van der Waals surface area (Å²) in [6.07, 6.45) is 3.36. The molecular formula is C16H23N5O4. The standard InChI is InChI=1S/C16H23N5O4/c1-4-25-11-6-5-7-20(8-11)12(22)9-21-10-17-14-13(21)15(23)19(3)16(24)18(14)2/h10-11H,4-9H2,1-3H3/t11-/m1/s1. The second kappa shape index (κ2) is 6.83. The fourth-order valence-electron chi connectivity index (χ4n) is 3.30. The summed E-state index contributed by atoms with van der Waals surface area (Å²) >= 11 is 0. The van der Waals surface area contributed by atoms with Crippen LogP contribution in [0.4, 0.5) is 0 Å². The average Bonchev–Trinajstić information content (AvgIpc) is 3.02. The van der Waals surface area contributed by atoms with Gasteiger partial charge >= 0.3 is 5.69 Å². The average molecular weight is 349 g/mol. The van der Waals surface area contributed by atoms with Gasteiger partial charge in [-0.2, -0.15) is 0 Å². The van der Waals surface area contributed by atoms with Crippen molar-refractivity contribution in [1.29, 1.82) is 0 Å². The zero-order chi connectivity index (χ0) is 18.1. The largest absolute Gasteiger partial charge is 0.377 e. The maximum absolute atomic E-state index is 12.7. The van der Waals surface area contributed by atoms with Crippen LogP contribution >= 0.6 is 0 Å². The number of fused-ring (bicyclic) bond motifs is 1. The highest BCUT2D eigenvalue weighted by Crippen LogP contribution is 2.14. The summed E-state index contributed by atoms with van der Waals surface area (Å²) in [4.78, 5) is 42.9. The molecule has 2 aromatic heterocycles. The van der Waals surface area contributed by atoms with Crippen LogP contribution in [0.5, 0.6) is 0 Å². The quantitative estimate of drug-likeness (QED) is 0.739. The second-order valence-corrected chi connectivity index (χ2v) is 6.31. The number of piperidine rings is 1. The molecule has 0 aliphatic carbocycles. The SMILES string of the molecule is CCO[C@@H]1CCCN(C(=O)Cn2cnc3c2c(=O)n(C)c(=O)n3C)C1. The van der Waals surface area contributed by atoms with E-state index in [1.165, 1.54) is 22.5 Å². The van der Waals surface area contributed by atoms with E-state index in [9.17, 15) is 14.4 Å². The first-order chi connectivity index (χ1) is 11.9. The van der Waals surface area contributed by atoms with E-state index in [0.29, 0.717) is 19.7 Å². The Bertz CT molecular complexity index is 908. The number of aromatic nitrogens is 4. The predicted molar refractivity (Wildman–Crippen MR) is 91.4 cm³/mol. The molecule has 9 nitrogen and oxygen atoms in total. The lowest BCUT2D eigenvalue weighted by Crippen LogP contribution is -2.44. The molecule has 25 heavy (non-hydrogen) atoms. The number of hydrogen-bond acceptors (Lipinski definition) is 5. The molecule has 2 aromatic rings. The number of hydrogen-bond donors (Lipinski definition) is 0. The third-order valence-electron chi connectivity index (χ3n) is 4.66. The minimum atomic E-state index is -0.450. The molecule has 1 amide bonds. The summed E-state index contributed by atoms with van der Waals surface area (Å²) in [7, 11) is 2.97. The van der Waals surface area contributed by atoms with Crippen LogP contribution in [0.25, 0.3) is 11.2 Å². The van der Waals surface area contributed by atoms with E-state index in [0.717, 1.165) is 17.4 Å². The first-order valence-electron chi connectivity index (χ1n) is 8.44. The number of carbonyl (C=O) groups excluding carboxylic acids is 1. The van der Waals surface area contributed by atoms with Gasteiger partial charge in [0.25, 0.3) is 5.56 Å². The molecule has 0 spiro atoms. The van der Waals surface area contributed by atoms with Crippen LogP contribution in [-0.2, 0) is 30.2 Å². The fourth-order valence-corrected chi connectivity index (χ4v) is 3.30. The van der Waals surface area contributed by atoms with Crippen molar-refractivity contribution < 1.29 is 9.53 Å². The normalized spacial score (nSPS) is 18.0. The molecule has 3 rings (SSSR count). The number of rotatable bonds is 4. The van der Waals surface area contributed by atoms with E-state index in [-0.39, 0.29) is 29.7 Å². The van der Waals surface area contributed by atoms with Gasteiger partial charge in [0.2, 0.25) is 5.91 Å². The summed E-state index contributed by atoms with van der Waals surface area (Å²) in [6, 6.07) is 0. The highest BCUT2D eigenvalue weighted by Gasteiger charge is 2.25. The minimum absolute atomic E-state index is 0.0167. The van der Waals surface area contributed by atoms with Crippen molar-refractivity contribution in [2.75, 3.05) is 19.7 Å². The highest BCUT2D eigenvalue weighted by molar-refractivity contribution is 5.79. The van der Waals surface area contributed by atoms with Crippen molar-refractivity contribution in [2.24, 2.45) is 14.1 Å². The number of imidazole rings is 1. The number of aryl methyl sites for hydroxylation is 1. The molecule has 0 unspecified atom stereocenters. The Hall–Kier alpha value is -2.42. The van der Waals surface area contributed by atoms with E-state index < -0.39 is 11.2 Å². The minimum Gasteiger partial charge on any atom is -0.377 e.